The van der Waals surface area contributed by atoms with Gasteiger partial charge in [0.15, 0.2) is 0 Å². The molecule has 5 nitrogen and oxygen atoms in total. The molecule has 2 heterocycles. The quantitative estimate of drug-likeness (QED) is 0.917. The van der Waals surface area contributed by atoms with Crippen molar-refractivity contribution in [2.24, 2.45) is 0 Å². The Kier molecular flexibility index (Phi) is 5.09. The zero-order chi connectivity index (χ0) is 16.2. The van der Waals surface area contributed by atoms with Crippen LogP contribution >= 0.6 is 11.8 Å². The third-order valence-electron chi connectivity index (χ3n) is 4.27. The highest BCUT2D eigenvalue weighted by Crippen LogP contribution is 2.38. The SMILES string of the molecule is CCOc1ccccc1C1N[C@H](C(=O)N2CCC[C@H]2C#N)CS1. The summed E-state index contributed by atoms with van der Waals surface area (Å²) in [6.45, 7) is 3.28. The van der Waals surface area contributed by atoms with E-state index >= 15 is 0 Å². The average Bonchev–Trinajstić information content (AvgIpc) is 3.24. The van der Waals surface area contributed by atoms with E-state index in [9.17, 15) is 4.79 Å². The van der Waals surface area contributed by atoms with Gasteiger partial charge in [-0.1, -0.05) is 18.2 Å². The fraction of sp³-hybridized carbons (Fsp3) is 0.529. The van der Waals surface area contributed by atoms with Gasteiger partial charge in [-0.25, -0.2) is 0 Å². The number of carbonyl (C=O) groups is 1. The van der Waals surface area contributed by atoms with Crippen LogP contribution in [0.5, 0.6) is 5.75 Å². The number of nitrogens with one attached hydrogen (secondary N) is 1. The number of ether oxygens (including phenoxy) is 1. The zero-order valence-corrected chi connectivity index (χ0v) is 14.0. The average molecular weight is 331 g/mol. The zero-order valence-electron chi connectivity index (χ0n) is 13.2. The minimum Gasteiger partial charge on any atom is -0.494 e. The van der Waals surface area contributed by atoms with Crippen molar-refractivity contribution in [3.8, 4) is 11.8 Å². The number of hydrogen-bond donors (Lipinski definition) is 1. The molecule has 1 aromatic carbocycles. The Morgan fingerprint density at radius 1 is 1.52 bits per heavy atom. The van der Waals surface area contributed by atoms with Crippen LogP contribution in [0.3, 0.4) is 0 Å². The minimum absolute atomic E-state index is 0.0508. The molecule has 0 bridgehead atoms. The van der Waals surface area contributed by atoms with Crippen LogP contribution in [0.4, 0.5) is 0 Å². The number of amides is 1. The molecule has 3 rings (SSSR count). The van der Waals surface area contributed by atoms with E-state index in [1.54, 1.807) is 16.7 Å². The smallest absolute Gasteiger partial charge is 0.241 e. The van der Waals surface area contributed by atoms with Crippen molar-refractivity contribution in [2.45, 2.75) is 37.2 Å². The minimum atomic E-state index is -0.260. The molecular weight excluding hydrogens is 310 g/mol. The fourth-order valence-electron chi connectivity index (χ4n) is 3.14. The maximum atomic E-state index is 12.7. The standard InChI is InChI=1S/C17H21N3O2S/c1-2-22-15-8-4-3-7-13(15)16-19-14(11-23-16)17(21)20-9-5-6-12(20)10-18/h3-4,7-8,12,14,16,19H,2,5-6,9,11H2,1H3/t12-,14-,16?/m0/s1. The molecule has 1 aromatic rings. The van der Waals surface area contributed by atoms with Gasteiger partial charge in [0, 0.05) is 17.9 Å². The summed E-state index contributed by atoms with van der Waals surface area (Å²) in [5.74, 6) is 1.64. The van der Waals surface area contributed by atoms with E-state index < -0.39 is 0 Å². The summed E-state index contributed by atoms with van der Waals surface area (Å²) >= 11 is 1.72. The molecule has 2 fully saturated rings. The molecule has 122 valence electrons. The van der Waals surface area contributed by atoms with Gasteiger partial charge < -0.3 is 9.64 Å². The normalized spacial score (nSPS) is 27.0. The third-order valence-corrected chi connectivity index (χ3v) is 5.52. The number of hydrogen-bond acceptors (Lipinski definition) is 5. The van der Waals surface area contributed by atoms with Crippen LogP contribution in [0.2, 0.25) is 0 Å². The number of rotatable bonds is 4. The van der Waals surface area contributed by atoms with E-state index in [1.165, 1.54) is 0 Å². The van der Waals surface area contributed by atoms with Crippen molar-refractivity contribution in [3.63, 3.8) is 0 Å². The van der Waals surface area contributed by atoms with Crippen LogP contribution in [0, 0.1) is 11.3 Å². The molecule has 0 aromatic heterocycles. The first kappa shape index (κ1) is 16.2. The van der Waals surface area contributed by atoms with E-state index in [-0.39, 0.29) is 23.4 Å². The van der Waals surface area contributed by atoms with Crippen molar-refractivity contribution >= 4 is 17.7 Å². The molecule has 2 saturated heterocycles. The Morgan fingerprint density at radius 3 is 3.13 bits per heavy atom. The molecule has 23 heavy (non-hydrogen) atoms. The first-order chi connectivity index (χ1) is 11.2. The van der Waals surface area contributed by atoms with Gasteiger partial charge in [0.25, 0.3) is 0 Å². The lowest BCUT2D eigenvalue weighted by Gasteiger charge is -2.23. The van der Waals surface area contributed by atoms with Gasteiger partial charge in [-0.2, -0.15) is 5.26 Å². The Labute approximate surface area is 141 Å². The predicted molar refractivity (Wildman–Crippen MR) is 90.1 cm³/mol. The largest absolute Gasteiger partial charge is 0.494 e. The van der Waals surface area contributed by atoms with E-state index in [4.69, 9.17) is 10.00 Å². The maximum Gasteiger partial charge on any atom is 0.241 e. The molecule has 1 amide bonds. The van der Waals surface area contributed by atoms with Gasteiger partial charge in [-0.05, 0) is 25.8 Å². The van der Waals surface area contributed by atoms with Crippen molar-refractivity contribution in [1.82, 2.24) is 10.2 Å². The molecule has 3 atom stereocenters. The molecule has 0 radical (unpaired) electrons. The summed E-state index contributed by atoms with van der Waals surface area (Å²) in [4.78, 5) is 14.4. The number of benzene rings is 1. The summed E-state index contributed by atoms with van der Waals surface area (Å²) in [5.41, 5.74) is 1.08. The van der Waals surface area contributed by atoms with E-state index in [2.05, 4.69) is 11.4 Å². The first-order valence-electron chi connectivity index (χ1n) is 8.04. The number of carbonyl (C=O) groups excluding carboxylic acids is 1. The summed E-state index contributed by atoms with van der Waals surface area (Å²) in [5, 5.41) is 12.6. The van der Waals surface area contributed by atoms with Gasteiger partial charge >= 0.3 is 0 Å². The highest BCUT2D eigenvalue weighted by Gasteiger charge is 2.38. The predicted octanol–water partition coefficient (Wildman–Crippen LogP) is 2.30. The van der Waals surface area contributed by atoms with Gasteiger partial charge in [-0.3, -0.25) is 10.1 Å². The van der Waals surface area contributed by atoms with Crippen molar-refractivity contribution in [1.29, 1.82) is 5.26 Å². The number of thioether (sulfide) groups is 1. The highest BCUT2D eigenvalue weighted by atomic mass is 32.2. The molecule has 1 unspecified atom stereocenters. The van der Waals surface area contributed by atoms with Gasteiger partial charge in [0.2, 0.25) is 5.91 Å². The molecule has 0 aliphatic carbocycles. The van der Waals surface area contributed by atoms with Crippen LogP contribution in [0.15, 0.2) is 24.3 Å². The lowest BCUT2D eigenvalue weighted by atomic mass is 10.1. The molecule has 0 saturated carbocycles. The summed E-state index contributed by atoms with van der Waals surface area (Å²) in [7, 11) is 0. The molecule has 2 aliphatic rings. The monoisotopic (exact) mass is 331 g/mol. The van der Waals surface area contributed by atoms with Crippen LogP contribution in [0.25, 0.3) is 0 Å². The van der Waals surface area contributed by atoms with Crippen molar-refractivity contribution in [3.05, 3.63) is 29.8 Å². The number of para-hydroxylation sites is 1. The van der Waals surface area contributed by atoms with Gasteiger partial charge in [0.1, 0.15) is 11.8 Å². The lowest BCUT2D eigenvalue weighted by Crippen LogP contribution is -2.46. The van der Waals surface area contributed by atoms with E-state index in [0.29, 0.717) is 13.2 Å². The van der Waals surface area contributed by atoms with Gasteiger partial charge in [-0.15, -0.1) is 11.8 Å². The van der Waals surface area contributed by atoms with Gasteiger partial charge in [0.05, 0.1) is 24.1 Å². The molecule has 2 aliphatic heterocycles. The Hall–Kier alpha value is -1.71. The lowest BCUT2D eigenvalue weighted by molar-refractivity contribution is -0.132. The maximum absolute atomic E-state index is 12.7. The Balaban J connectivity index is 1.69. The van der Waals surface area contributed by atoms with Crippen LogP contribution in [0.1, 0.15) is 30.7 Å². The third kappa shape index (κ3) is 3.31. The highest BCUT2D eigenvalue weighted by molar-refractivity contribution is 7.99. The van der Waals surface area contributed by atoms with E-state index in [0.717, 1.165) is 29.9 Å². The first-order valence-corrected chi connectivity index (χ1v) is 9.09. The number of likely N-dealkylation sites (tertiary alicyclic amines) is 1. The van der Waals surface area contributed by atoms with Crippen molar-refractivity contribution < 1.29 is 9.53 Å². The second kappa shape index (κ2) is 7.24. The second-order valence-electron chi connectivity index (χ2n) is 5.72. The Bertz CT molecular complexity index is 616. The second-order valence-corrected chi connectivity index (χ2v) is 6.86. The molecule has 6 heteroatoms. The Morgan fingerprint density at radius 2 is 2.35 bits per heavy atom. The van der Waals surface area contributed by atoms with Crippen LogP contribution < -0.4 is 10.1 Å². The van der Waals surface area contributed by atoms with Crippen LogP contribution in [-0.4, -0.2) is 41.8 Å². The number of nitriles is 1. The number of nitrogens with zero attached hydrogens (tertiary/aromatic N) is 2. The topological polar surface area (TPSA) is 65.4 Å². The van der Waals surface area contributed by atoms with Crippen LogP contribution in [-0.2, 0) is 4.79 Å². The summed E-state index contributed by atoms with van der Waals surface area (Å²) in [6, 6.07) is 9.69. The van der Waals surface area contributed by atoms with Crippen molar-refractivity contribution in [2.75, 3.05) is 18.9 Å². The molecule has 0 spiro atoms. The summed E-state index contributed by atoms with van der Waals surface area (Å²) < 4.78 is 5.69. The molecular formula is C17H21N3O2S. The summed E-state index contributed by atoms with van der Waals surface area (Å²) in [6.07, 6.45) is 1.71. The van der Waals surface area contributed by atoms with E-state index in [1.807, 2.05) is 31.2 Å². The fourth-order valence-corrected chi connectivity index (χ4v) is 4.40. The molecule has 1 N–H and O–H groups in total.